The van der Waals surface area contributed by atoms with Gasteiger partial charge in [-0.1, -0.05) is 5.92 Å². The third-order valence-electron chi connectivity index (χ3n) is 3.75. The maximum atomic E-state index is 14.4. The lowest BCUT2D eigenvalue weighted by Gasteiger charge is -2.12. The number of terminal acetylenes is 1. The lowest BCUT2D eigenvalue weighted by atomic mass is 10.2. The smallest absolute Gasteiger partial charge is 0.408 e. The van der Waals surface area contributed by atoms with Crippen LogP contribution in [-0.2, 0) is 6.54 Å². The first kappa shape index (κ1) is 17.3. The van der Waals surface area contributed by atoms with Gasteiger partial charge < -0.3 is 4.42 Å². The Morgan fingerprint density at radius 1 is 1.23 bits per heavy atom. The number of hydrogen-bond acceptors (Lipinski definition) is 4. The Balaban J connectivity index is 2.42. The molecule has 0 atom stereocenters. The van der Waals surface area contributed by atoms with Crippen molar-refractivity contribution in [3.8, 4) is 18.0 Å². The summed E-state index contributed by atoms with van der Waals surface area (Å²) in [6.07, 6.45) is 5.16. The summed E-state index contributed by atoms with van der Waals surface area (Å²) in [4.78, 5) is 36.2. The molecule has 0 saturated carbocycles. The Bertz CT molecular complexity index is 1240. The van der Waals surface area contributed by atoms with Gasteiger partial charge in [0.05, 0.1) is 17.7 Å². The second kappa shape index (κ2) is 6.11. The normalized spacial score (nSPS) is 11.2. The summed E-state index contributed by atoms with van der Waals surface area (Å²) in [7, 11) is 0. The Labute approximate surface area is 142 Å². The van der Waals surface area contributed by atoms with Gasteiger partial charge in [0.15, 0.2) is 11.4 Å². The van der Waals surface area contributed by atoms with Gasteiger partial charge in [-0.05, 0) is 13.0 Å². The molecule has 0 aliphatic heterocycles. The summed E-state index contributed by atoms with van der Waals surface area (Å²) < 4.78 is 46.8. The topological polar surface area (TPSA) is 79.1 Å². The number of aryl methyl sites for hydroxylation is 1. The number of oxazole rings is 1. The van der Waals surface area contributed by atoms with Crippen molar-refractivity contribution in [1.29, 1.82) is 0 Å². The largest absolute Gasteiger partial charge is 0.420 e. The Kier molecular flexibility index (Phi) is 4.07. The van der Waals surface area contributed by atoms with Crippen LogP contribution in [0.15, 0.2) is 37.0 Å². The molecule has 0 spiro atoms. The van der Waals surface area contributed by atoms with Crippen molar-refractivity contribution in [2.45, 2.75) is 20.0 Å². The van der Waals surface area contributed by atoms with E-state index in [9.17, 15) is 27.6 Å². The van der Waals surface area contributed by atoms with E-state index in [0.717, 1.165) is 29.7 Å². The van der Waals surface area contributed by atoms with Gasteiger partial charge in [-0.2, -0.15) is 8.78 Å². The maximum Gasteiger partial charge on any atom is 0.420 e. The second-order valence-electron chi connectivity index (χ2n) is 5.32. The molecule has 0 N–H and O–H groups in total. The number of alkyl halides is 2. The minimum absolute atomic E-state index is 0.0137. The van der Waals surface area contributed by atoms with Crippen LogP contribution in [0.1, 0.15) is 12.2 Å². The fourth-order valence-electron chi connectivity index (χ4n) is 2.61. The van der Waals surface area contributed by atoms with Crippen LogP contribution < -0.4 is 17.0 Å². The summed E-state index contributed by atoms with van der Waals surface area (Å²) in [5.41, 5.74) is -3.45. The predicted octanol–water partition coefficient (Wildman–Crippen LogP) is 1.38. The summed E-state index contributed by atoms with van der Waals surface area (Å²) >= 11 is 0. The van der Waals surface area contributed by atoms with E-state index in [1.54, 1.807) is 0 Å². The Morgan fingerprint density at radius 2 is 1.92 bits per heavy atom. The van der Waals surface area contributed by atoms with Gasteiger partial charge >= 0.3 is 18.0 Å². The first-order valence-electron chi connectivity index (χ1n) is 7.16. The average molecular weight is 365 g/mol. The van der Waals surface area contributed by atoms with Crippen LogP contribution in [-0.4, -0.2) is 13.7 Å². The standard InChI is InChI=1S/C16H10F3N3O4/c1-3-4-20-11-7-10(9(17)6-12(11)26-16(20)25)22-13(23)5-8(2)21(14(18)19)15(22)24/h1,5-7,14H,4H2,2H3. The molecule has 10 heteroatoms. The van der Waals surface area contributed by atoms with Gasteiger partial charge in [-0.15, -0.1) is 6.42 Å². The number of nitrogens with zero attached hydrogens (tertiary/aromatic N) is 3. The average Bonchev–Trinajstić information content (AvgIpc) is 2.82. The van der Waals surface area contributed by atoms with Crippen molar-refractivity contribution in [1.82, 2.24) is 13.7 Å². The lowest BCUT2D eigenvalue weighted by molar-refractivity contribution is 0.0615. The van der Waals surface area contributed by atoms with Crippen LogP contribution in [0.3, 0.4) is 0 Å². The molecule has 0 aliphatic rings. The van der Waals surface area contributed by atoms with Crippen molar-refractivity contribution in [3.05, 3.63) is 61.1 Å². The molecule has 0 fully saturated rings. The molecule has 0 bridgehead atoms. The zero-order valence-electron chi connectivity index (χ0n) is 13.2. The zero-order valence-corrected chi connectivity index (χ0v) is 13.2. The third-order valence-corrected chi connectivity index (χ3v) is 3.75. The third kappa shape index (κ3) is 2.54. The second-order valence-corrected chi connectivity index (χ2v) is 5.32. The Hall–Kier alpha value is -3.48. The molecule has 0 saturated heterocycles. The zero-order chi connectivity index (χ0) is 19.2. The molecule has 26 heavy (non-hydrogen) atoms. The number of hydrogen-bond donors (Lipinski definition) is 0. The molecule has 2 heterocycles. The van der Waals surface area contributed by atoms with Crippen molar-refractivity contribution in [2.75, 3.05) is 0 Å². The Morgan fingerprint density at radius 3 is 2.54 bits per heavy atom. The minimum atomic E-state index is -3.23. The van der Waals surface area contributed by atoms with E-state index in [1.165, 1.54) is 0 Å². The molecule has 0 amide bonds. The first-order chi connectivity index (χ1) is 12.3. The van der Waals surface area contributed by atoms with Crippen molar-refractivity contribution in [3.63, 3.8) is 0 Å². The molecule has 3 aromatic rings. The number of halogens is 3. The van der Waals surface area contributed by atoms with Crippen LogP contribution in [0.5, 0.6) is 0 Å². The van der Waals surface area contributed by atoms with Crippen LogP contribution in [0, 0.1) is 25.1 Å². The highest BCUT2D eigenvalue weighted by atomic mass is 19.3. The number of aromatic nitrogens is 3. The quantitative estimate of drug-likeness (QED) is 0.657. The maximum absolute atomic E-state index is 14.4. The van der Waals surface area contributed by atoms with Gasteiger partial charge in [0.25, 0.3) is 5.56 Å². The fraction of sp³-hybridized carbons (Fsp3) is 0.188. The van der Waals surface area contributed by atoms with Gasteiger partial charge in [-0.3, -0.25) is 9.36 Å². The van der Waals surface area contributed by atoms with Crippen LogP contribution in [0.4, 0.5) is 13.2 Å². The molecule has 1 aromatic carbocycles. The van der Waals surface area contributed by atoms with E-state index in [0.29, 0.717) is 0 Å². The first-order valence-corrected chi connectivity index (χ1v) is 7.16. The van der Waals surface area contributed by atoms with Crippen molar-refractivity contribution in [2.24, 2.45) is 0 Å². The molecular weight excluding hydrogens is 355 g/mol. The molecule has 0 radical (unpaired) electrons. The molecule has 2 aromatic heterocycles. The highest BCUT2D eigenvalue weighted by Crippen LogP contribution is 2.20. The highest BCUT2D eigenvalue weighted by molar-refractivity contribution is 5.76. The van der Waals surface area contributed by atoms with Gasteiger partial charge in [0.2, 0.25) is 0 Å². The van der Waals surface area contributed by atoms with E-state index in [1.807, 2.05) is 0 Å². The van der Waals surface area contributed by atoms with E-state index in [4.69, 9.17) is 10.8 Å². The number of benzene rings is 1. The van der Waals surface area contributed by atoms with Crippen LogP contribution in [0.25, 0.3) is 16.8 Å². The number of rotatable bonds is 3. The SMILES string of the molecule is C#CCn1c(=O)oc2cc(F)c(-n3c(=O)cc(C)n(C(F)F)c3=O)cc21. The molecular formula is C16H10F3N3O4. The highest BCUT2D eigenvalue weighted by Gasteiger charge is 2.21. The summed E-state index contributed by atoms with van der Waals surface area (Å²) in [6.45, 7) is -2.28. The monoisotopic (exact) mass is 365 g/mol. The molecule has 0 aliphatic carbocycles. The number of fused-ring (bicyclic) bond motifs is 1. The minimum Gasteiger partial charge on any atom is -0.408 e. The van der Waals surface area contributed by atoms with E-state index in [2.05, 4.69) is 5.92 Å². The molecule has 7 nitrogen and oxygen atoms in total. The van der Waals surface area contributed by atoms with Crippen molar-refractivity contribution >= 4 is 11.1 Å². The van der Waals surface area contributed by atoms with Crippen molar-refractivity contribution < 1.29 is 17.6 Å². The van der Waals surface area contributed by atoms with Crippen LogP contribution >= 0.6 is 0 Å². The van der Waals surface area contributed by atoms with E-state index in [-0.39, 0.29) is 32.5 Å². The van der Waals surface area contributed by atoms with Gasteiger partial charge in [-0.25, -0.2) is 23.1 Å². The molecule has 134 valence electrons. The summed E-state index contributed by atoms with van der Waals surface area (Å²) in [5.74, 6) is 0.233. The van der Waals surface area contributed by atoms with E-state index >= 15 is 0 Å². The van der Waals surface area contributed by atoms with Gasteiger partial charge in [0, 0.05) is 17.8 Å². The van der Waals surface area contributed by atoms with E-state index < -0.39 is 35.1 Å². The van der Waals surface area contributed by atoms with Gasteiger partial charge in [0.1, 0.15) is 0 Å². The predicted molar refractivity (Wildman–Crippen MR) is 85.1 cm³/mol. The molecule has 0 unspecified atom stereocenters. The molecule has 3 rings (SSSR count). The van der Waals surface area contributed by atoms with Crippen LogP contribution in [0.2, 0.25) is 0 Å². The fourth-order valence-corrected chi connectivity index (χ4v) is 2.61. The summed E-state index contributed by atoms with van der Waals surface area (Å²) in [6, 6.07) is 2.53. The lowest BCUT2D eigenvalue weighted by Crippen LogP contribution is -2.40. The summed E-state index contributed by atoms with van der Waals surface area (Å²) in [5, 5.41) is 0.